The summed E-state index contributed by atoms with van der Waals surface area (Å²) < 4.78 is 7.08. The van der Waals surface area contributed by atoms with Crippen molar-refractivity contribution in [3.8, 4) is 5.75 Å². The molecule has 0 atom stereocenters. The Balaban J connectivity index is 1.64. The molecule has 0 spiro atoms. The first-order valence-electron chi connectivity index (χ1n) is 8.09. The zero-order chi connectivity index (χ0) is 19.2. The highest BCUT2D eigenvalue weighted by Crippen LogP contribution is 2.20. The number of nitrogens with two attached hydrogens (primary N) is 1. The molecule has 0 fully saturated rings. The van der Waals surface area contributed by atoms with Gasteiger partial charge in [0, 0.05) is 27.7 Å². The van der Waals surface area contributed by atoms with Gasteiger partial charge in [0.25, 0.3) is 5.91 Å². The van der Waals surface area contributed by atoms with Crippen molar-refractivity contribution in [3.05, 3.63) is 65.3 Å². The van der Waals surface area contributed by atoms with Gasteiger partial charge in [-0.3, -0.25) is 9.59 Å². The molecule has 3 rings (SSSR count). The number of para-hydroxylation sites is 1. The summed E-state index contributed by atoms with van der Waals surface area (Å²) in [5.74, 6) is -0.353. The van der Waals surface area contributed by atoms with E-state index in [9.17, 15) is 9.59 Å². The lowest BCUT2D eigenvalue weighted by molar-refractivity contribution is -0.123. The van der Waals surface area contributed by atoms with Crippen molar-refractivity contribution < 1.29 is 14.3 Å². The molecule has 1 aromatic heterocycles. The number of benzene rings is 2. The number of hydrogen-bond donors (Lipinski definition) is 2. The van der Waals surface area contributed by atoms with Crippen molar-refractivity contribution in [1.82, 2.24) is 9.99 Å². The van der Waals surface area contributed by atoms with Crippen LogP contribution in [0.5, 0.6) is 5.75 Å². The highest BCUT2D eigenvalue weighted by molar-refractivity contribution is 6.30. The Morgan fingerprint density at radius 1 is 1.22 bits per heavy atom. The summed E-state index contributed by atoms with van der Waals surface area (Å²) in [7, 11) is 0. The second-order valence-electron chi connectivity index (χ2n) is 5.74. The fraction of sp³-hybridized carbons (Fsp3) is 0.105. The number of hydrogen-bond acceptors (Lipinski definition) is 4. The van der Waals surface area contributed by atoms with E-state index in [-0.39, 0.29) is 13.2 Å². The fourth-order valence-electron chi connectivity index (χ4n) is 2.59. The Hall–Kier alpha value is -3.32. The molecule has 138 valence electrons. The molecule has 8 heteroatoms. The topological polar surface area (TPSA) is 98.7 Å². The van der Waals surface area contributed by atoms with E-state index in [0.717, 1.165) is 16.5 Å². The highest BCUT2D eigenvalue weighted by atomic mass is 35.5. The van der Waals surface area contributed by atoms with E-state index in [4.69, 9.17) is 22.1 Å². The van der Waals surface area contributed by atoms with Crippen LogP contribution in [0.4, 0.5) is 0 Å². The molecule has 0 aliphatic rings. The maximum atomic E-state index is 11.9. The van der Waals surface area contributed by atoms with Crippen LogP contribution in [0.15, 0.2) is 59.8 Å². The lowest BCUT2D eigenvalue weighted by Gasteiger charge is -2.04. The zero-order valence-electron chi connectivity index (χ0n) is 14.3. The van der Waals surface area contributed by atoms with Crippen molar-refractivity contribution in [2.75, 3.05) is 6.61 Å². The smallest absolute Gasteiger partial charge is 0.277 e. The number of amides is 2. The van der Waals surface area contributed by atoms with E-state index in [0.29, 0.717) is 10.8 Å². The largest absolute Gasteiger partial charge is 0.484 e. The molecule has 0 radical (unpaired) electrons. The number of fused-ring (bicyclic) bond motifs is 1. The van der Waals surface area contributed by atoms with Crippen LogP contribution in [-0.2, 0) is 16.1 Å². The quantitative estimate of drug-likeness (QED) is 0.483. The number of halogens is 1. The minimum Gasteiger partial charge on any atom is -0.484 e. The van der Waals surface area contributed by atoms with Gasteiger partial charge < -0.3 is 15.0 Å². The van der Waals surface area contributed by atoms with Crippen LogP contribution >= 0.6 is 11.6 Å². The molecular weight excluding hydrogens is 368 g/mol. The maximum Gasteiger partial charge on any atom is 0.277 e. The van der Waals surface area contributed by atoms with Crippen molar-refractivity contribution in [3.63, 3.8) is 0 Å². The van der Waals surface area contributed by atoms with E-state index in [1.165, 1.54) is 6.21 Å². The van der Waals surface area contributed by atoms with Crippen LogP contribution in [0.3, 0.4) is 0 Å². The SMILES string of the molecule is NC(=O)Cn1cc(C=NNC(=O)COc2cccc(Cl)c2)c2ccccc21. The Bertz CT molecular complexity index is 1010. The first kappa shape index (κ1) is 18.5. The first-order chi connectivity index (χ1) is 13.0. The maximum absolute atomic E-state index is 11.9. The molecule has 0 saturated carbocycles. The van der Waals surface area contributed by atoms with E-state index < -0.39 is 11.8 Å². The molecular formula is C19H17ClN4O3. The van der Waals surface area contributed by atoms with Gasteiger partial charge in [0.15, 0.2) is 6.61 Å². The number of ether oxygens (including phenoxy) is 1. The van der Waals surface area contributed by atoms with Gasteiger partial charge in [-0.25, -0.2) is 5.43 Å². The summed E-state index contributed by atoms with van der Waals surface area (Å²) in [5.41, 5.74) is 9.29. The van der Waals surface area contributed by atoms with Crippen LogP contribution in [0.2, 0.25) is 5.02 Å². The molecule has 0 unspecified atom stereocenters. The van der Waals surface area contributed by atoms with Crippen LogP contribution in [-0.4, -0.2) is 29.2 Å². The van der Waals surface area contributed by atoms with Gasteiger partial charge in [-0.05, 0) is 24.3 Å². The average Bonchev–Trinajstić information content (AvgIpc) is 2.97. The summed E-state index contributed by atoms with van der Waals surface area (Å²) in [6.07, 6.45) is 3.27. The second kappa shape index (κ2) is 8.37. The summed E-state index contributed by atoms with van der Waals surface area (Å²) in [5, 5.41) is 5.38. The lowest BCUT2D eigenvalue weighted by Crippen LogP contribution is -2.24. The third-order valence-corrected chi connectivity index (χ3v) is 3.94. The molecule has 0 saturated heterocycles. The third kappa shape index (κ3) is 4.86. The van der Waals surface area contributed by atoms with E-state index in [2.05, 4.69) is 10.5 Å². The van der Waals surface area contributed by atoms with Crippen LogP contribution in [0.25, 0.3) is 10.9 Å². The average molecular weight is 385 g/mol. The second-order valence-corrected chi connectivity index (χ2v) is 6.17. The summed E-state index contributed by atoms with van der Waals surface area (Å²) in [6.45, 7) is -0.130. The van der Waals surface area contributed by atoms with Gasteiger partial charge in [-0.15, -0.1) is 0 Å². The molecule has 0 aliphatic carbocycles. The summed E-state index contributed by atoms with van der Waals surface area (Å²) in [6, 6.07) is 14.3. The summed E-state index contributed by atoms with van der Waals surface area (Å²) >= 11 is 5.86. The van der Waals surface area contributed by atoms with E-state index in [1.54, 1.807) is 35.0 Å². The minimum atomic E-state index is -0.439. The monoisotopic (exact) mass is 384 g/mol. The highest BCUT2D eigenvalue weighted by Gasteiger charge is 2.08. The van der Waals surface area contributed by atoms with Gasteiger partial charge in [0.05, 0.1) is 6.21 Å². The van der Waals surface area contributed by atoms with E-state index in [1.807, 2.05) is 24.3 Å². The van der Waals surface area contributed by atoms with Gasteiger partial charge >= 0.3 is 0 Å². The molecule has 0 bridgehead atoms. The van der Waals surface area contributed by atoms with Gasteiger partial charge in [-0.1, -0.05) is 35.9 Å². The third-order valence-electron chi connectivity index (χ3n) is 3.70. The first-order valence-corrected chi connectivity index (χ1v) is 8.47. The Morgan fingerprint density at radius 3 is 2.81 bits per heavy atom. The Morgan fingerprint density at radius 2 is 2.04 bits per heavy atom. The van der Waals surface area contributed by atoms with Crippen LogP contribution in [0.1, 0.15) is 5.56 Å². The summed E-state index contributed by atoms with van der Waals surface area (Å²) in [4.78, 5) is 23.1. The minimum absolute atomic E-state index is 0.0637. The number of nitrogens with zero attached hydrogens (tertiary/aromatic N) is 2. The fourth-order valence-corrected chi connectivity index (χ4v) is 2.77. The van der Waals surface area contributed by atoms with Gasteiger partial charge in [0.1, 0.15) is 12.3 Å². The van der Waals surface area contributed by atoms with Crippen molar-refractivity contribution in [1.29, 1.82) is 0 Å². The standard InChI is InChI=1S/C19H17ClN4O3/c20-14-4-3-5-15(8-14)27-12-19(26)23-22-9-13-10-24(11-18(21)25)17-7-2-1-6-16(13)17/h1-10H,11-12H2,(H2,21,25)(H,23,26). The van der Waals surface area contributed by atoms with Crippen molar-refractivity contribution >= 4 is 40.5 Å². The number of nitrogens with one attached hydrogen (secondary N) is 1. The number of carbonyl (C=O) groups excluding carboxylic acids is 2. The normalized spacial score (nSPS) is 11.0. The molecule has 0 aliphatic heterocycles. The van der Waals surface area contributed by atoms with Gasteiger partial charge in [-0.2, -0.15) is 5.10 Å². The molecule has 2 amide bonds. The number of aromatic nitrogens is 1. The zero-order valence-corrected chi connectivity index (χ0v) is 15.0. The van der Waals surface area contributed by atoms with Crippen LogP contribution in [0, 0.1) is 0 Å². The van der Waals surface area contributed by atoms with E-state index >= 15 is 0 Å². The predicted molar refractivity (Wildman–Crippen MR) is 104 cm³/mol. The molecule has 27 heavy (non-hydrogen) atoms. The lowest BCUT2D eigenvalue weighted by atomic mass is 10.2. The molecule has 3 N–H and O–H groups in total. The predicted octanol–water partition coefficient (Wildman–Crippen LogP) is 2.31. The van der Waals surface area contributed by atoms with Gasteiger partial charge in [0.2, 0.25) is 5.91 Å². The number of primary amides is 1. The number of rotatable bonds is 7. The number of hydrazone groups is 1. The molecule has 7 nitrogen and oxygen atoms in total. The Kier molecular flexibility index (Phi) is 5.73. The van der Waals surface area contributed by atoms with Crippen molar-refractivity contribution in [2.45, 2.75) is 6.54 Å². The van der Waals surface area contributed by atoms with Crippen LogP contribution < -0.4 is 15.9 Å². The van der Waals surface area contributed by atoms with Crippen molar-refractivity contribution in [2.24, 2.45) is 10.8 Å². The Labute approximate surface area is 160 Å². The molecule has 2 aromatic carbocycles. The molecule has 1 heterocycles. The number of carbonyl (C=O) groups is 2. The molecule has 3 aromatic rings.